The molecule has 1 aromatic heterocycles. The van der Waals surface area contributed by atoms with Crippen LogP contribution in [0.1, 0.15) is 24.4 Å². The number of amides is 1. The van der Waals surface area contributed by atoms with Crippen LogP contribution in [0.25, 0.3) is 0 Å². The molecule has 1 saturated heterocycles. The summed E-state index contributed by atoms with van der Waals surface area (Å²) >= 11 is 0. The summed E-state index contributed by atoms with van der Waals surface area (Å²) in [6, 6.07) is 6.05. The zero-order valence-corrected chi connectivity index (χ0v) is 12.7. The second-order valence-electron chi connectivity index (χ2n) is 5.74. The zero-order chi connectivity index (χ0) is 15.6. The second kappa shape index (κ2) is 5.91. The number of hydrogen-bond acceptors (Lipinski definition) is 5. The van der Waals surface area contributed by atoms with E-state index in [4.69, 9.17) is 9.47 Å². The topological polar surface area (TPSA) is 69.5 Å². The minimum Gasteiger partial charge on any atom is -0.486 e. The molecule has 3 heterocycles. The van der Waals surface area contributed by atoms with Crippen LogP contribution in [0.5, 0.6) is 11.5 Å². The molecule has 0 bridgehead atoms. The molecule has 2 aliphatic heterocycles. The fraction of sp³-hybridized carbons (Fsp3) is 0.438. The van der Waals surface area contributed by atoms with Gasteiger partial charge in [0.1, 0.15) is 32.4 Å². The van der Waals surface area contributed by atoms with Crippen molar-refractivity contribution < 1.29 is 14.3 Å². The summed E-state index contributed by atoms with van der Waals surface area (Å²) in [5.74, 6) is 1.61. The summed E-state index contributed by atoms with van der Waals surface area (Å²) < 4.78 is 12.8. The average Bonchev–Trinajstić information content (AvgIpc) is 3.25. The first-order valence-corrected chi connectivity index (χ1v) is 7.83. The van der Waals surface area contributed by atoms with Gasteiger partial charge < -0.3 is 14.4 Å². The van der Waals surface area contributed by atoms with Gasteiger partial charge in [-0.3, -0.25) is 4.79 Å². The molecule has 2 aliphatic rings. The smallest absolute Gasteiger partial charge is 0.244 e. The van der Waals surface area contributed by atoms with Gasteiger partial charge in [0.15, 0.2) is 11.5 Å². The Labute approximate surface area is 133 Å². The average molecular weight is 314 g/mol. The van der Waals surface area contributed by atoms with Crippen LogP contribution in [0, 0.1) is 0 Å². The van der Waals surface area contributed by atoms with Crippen LogP contribution in [-0.2, 0) is 11.3 Å². The summed E-state index contributed by atoms with van der Waals surface area (Å²) in [4.78, 5) is 18.4. The maximum absolute atomic E-state index is 12.6. The number of ether oxygens (including phenoxy) is 2. The molecule has 1 atom stereocenters. The minimum atomic E-state index is 0.0629. The first-order chi connectivity index (χ1) is 11.3. The van der Waals surface area contributed by atoms with E-state index in [1.54, 1.807) is 11.0 Å². The van der Waals surface area contributed by atoms with Crippen LogP contribution >= 0.6 is 0 Å². The molecule has 1 fully saturated rings. The van der Waals surface area contributed by atoms with Crippen LogP contribution in [0.3, 0.4) is 0 Å². The molecule has 120 valence electrons. The molecular formula is C16H18N4O3. The first kappa shape index (κ1) is 14.0. The third-order valence-electron chi connectivity index (χ3n) is 4.29. The van der Waals surface area contributed by atoms with Crippen molar-refractivity contribution in [1.29, 1.82) is 0 Å². The molecule has 7 heteroatoms. The number of aromatic nitrogens is 3. The van der Waals surface area contributed by atoms with E-state index in [0.717, 1.165) is 36.4 Å². The van der Waals surface area contributed by atoms with Crippen molar-refractivity contribution >= 4 is 5.91 Å². The highest BCUT2D eigenvalue weighted by atomic mass is 16.6. The molecule has 7 nitrogen and oxygen atoms in total. The molecule has 4 rings (SSSR count). The molecule has 0 unspecified atom stereocenters. The number of nitrogens with zero attached hydrogens (tertiary/aromatic N) is 4. The van der Waals surface area contributed by atoms with E-state index in [1.807, 2.05) is 23.1 Å². The fourth-order valence-electron chi connectivity index (χ4n) is 3.22. The first-order valence-electron chi connectivity index (χ1n) is 7.83. The van der Waals surface area contributed by atoms with Crippen molar-refractivity contribution in [2.75, 3.05) is 19.8 Å². The highest BCUT2D eigenvalue weighted by molar-refractivity contribution is 5.76. The van der Waals surface area contributed by atoms with E-state index in [9.17, 15) is 4.79 Å². The van der Waals surface area contributed by atoms with E-state index in [0.29, 0.717) is 13.2 Å². The Kier molecular flexibility index (Phi) is 3.61. The third-order valence-corrected chi connectivity index (χ3v) is 4.29. The Morgan fingerprint density at radius 2 is 2.13 bits per heavy atom. The number of carbonyl (C=O) groups is 1. The van der Waals surface area contributed by atoms with Crippen LogP contribution in [0.15, 0.2) is 30.9 Å². The molecular weight excluding hydrogens is 296 g/mol. The predicted octanol–water partition coefficient (Wildman–Crippen LogP) is 1.41. The Hall–Kier alpha value is -2.57. The van der Waals surface area contributed by atoms with Crippen molar-refractivity contribution in [2.45, 2.75) is 25.4 Å². The van der Waals surface area contributed by atoms with Gasteiger partial charge in [0, 0.05) is 6.54 Å². The van der Waals surface area contributed by atoms with Crippen LogP contribution < -0.4 is 9.47 Å². The standard InChI is InChI=1S/C16H18N4O3/c21-16(9-19-11-17-10-18-19)20-5-1-2-13(20)12-3-4-14-15(8-12)23-7-6-22-14/h3-4,8,10-11,13H,1-2,5-7,9H2/t13-/m1/s1. The Balaban J connectivity index is 1.54. The van der Waals surface area contributed by atoms with Crippen molar-refractivity contribution in [3.05, 3.63) is 36.4 Å². The number of fused-ring (bicyclic) bond motifs is 1. The van der Waals surface area contributed by atoms with E-state index >= 15 is 0 Å². The summed E-state index contributed by atoms with van der Waals surface area (Å²) in [6.45, 7) is 2.14. The number of likely N-dealkylation sites (tertiary alicyclic amines) is 1. The van der Waals surface area contributed by atoms with Crippen LogP contribution in [0.4, 0.5) is 0 Å². The molecule has 1 amide bonds. The maximum Gasteiger partial charge on any atom is 0.244 e. The fourth-order valence-corrected chi connectivity index (χ4v) is 3.22. The maximum atomic E-state index is 12.6. The van der Waals surface area contributed by atoms with Crippen molar-refractivity contribution in [3.63, 3.8) is 0 Å². The second-order valence-corrected chi connectivity index (χ2v) is 5.74. The molecule has 0 N–H and O–H groups in total. The lowest BCUT2D eigenvalue weighted by atomic mass is 10.0. The van der Waals surface area contributed by atoms with Crippen molar-refractivity contribution in [1.82, 2.24) is 19.7 Å². The molecule has 1 aromatic carbocycles. The lowest BCUT2D eigenvalue weighted by molar-refractivity contribution is -0.133. The van der Waals surface area contributed by atoms with Gasteiger partial charge in [0.05, 0.1) is 6.04 Å². The van der Waals surface area contributed by atoms with Gasteiger partial charge in [-0.1, -0.05) is 6.07 Å². The Bertz CT molecular complexity index is 701. The normalized spacial score (nSPS) is 19.8. The number of rotatable bonds is 3. The van der Waals surface area contributed by atoms with Crippen molar-refractivity contribution in [3.8, 4) is 11.5 Å². The van der Waals surface area contributed by atoms with Crippen LogP contribution in [-0.4, -0.2) is 45.3 Å². The summed E-state index contributed by atoms with van der Waals surface area (Å²) in [7, 11) is 0. The molecule has 0 spiro atoms. The Morgan fingerprint density at radius 3 is 2.96 bits per heavy atom. The van der Waals surface area contributed by atoms with E-state index in [2.05, 4.69) is 10.1 Å². The molecule has 0 aliphatic carbocycles. The highest BCUT2D eigenvalue weighted by Gasteiger charge is 2.31. The van der Waals surface area contributed by atoms with E-state index in [1.165, 1.54) is 6.33 Å². The SMILES string of the molecule is O=C(Cn1cncn1)N1CCC[C@@H]1c1ccc2c(c1)OCCO2. The van der Waals surface area contributed by atoms with Crippen LogP contribution in [0.2, 0.25) is 0 Å². The molecule has 0 saturated carbocycles. The lowest BCUT2D eigenvalue weighted by Crippen LogP contribution is -2.33. The number of benzene rings is 1. The zero-order valence-electron chi connectivity index (χ0n) is 12.7. The van der Waals surface area contributed by atoms with Gasteiger partial charge >= 0.3 is 0 Å². The largest absolute Gasteiger partial charge is 0.486 e. The monoisotopic (exact) mass is 314 g/mol. The molecule has 2 aromatic rings. The van der Waals surface area contributed by atoms with Gasteiger partial charge in [-0.15, -0.1) is 0 Å². The van der Waals surface area contributed by atoms with Gasteiger partial charge in [-0.25, -0.2) is 9.67 Å². The van der Waals surface area contributed by atoms with Crippen molar-refractivity contribution in [2.24, 2.45) is 0 Å². The molecule has 23 heavy (non-hydrogen) atoms. The summed E-state index contributed by atoms with van der Waals surface area (Å²) in [5.41, 5.74) is 1.10. The van der Waals surface area contributed by atoms with E-state index in [-0.39, 0.29) is 18.5 Å². The Morgan fingerprint density at radius 1 is 1.26 bits per heavy atom. The van der Waals surface area contributed by atoms with Gasteiger partial charge in [0.25, 0.3) is 0 Å². The highest BCUT2D eigenvalue weighted by Crippen LogP contribution is 2.38. The van der Waals surface area contributed by atoms with Gasteiger partial charge in [0.2, 0.25) is 5.91 Å². The third kappa shape index (κ3) is 2.74. The minimum absolute atomic E-state index is 0.0629. The summed E-state index contributed by atoms with van der Waals surface area (Å²) in [6.07, 6.45) is 4.97. The number of carbonyl (C=O) groups excluding carboxylic acids is 1. The number of hydrogen-bond donors (Lipinski definition) is 0. The lowest BCUT2D eigenvalue weighted by Gasteiger charge is -2.26. The summed E-state index contributed by atoms with van der Waals surface area (Å²) in [5, 5.41) is 4.00. The van der Waals surface area contributed by atoms with E-state index < -0.39 is 0 Å². The quantitative estimate of drug-likeness (QED) is 0.857. The van der Waals surface area contributed by atoms with Gasteiger partial charge in [-0.05, 0) is 30.5 Å². The predicted molar refractivity (Wildman–Crippen MR) is 81.1 cm³/mol. The molecule has 0 radical (unpaired) electrons. The van der Waals surface area contributed by atoms with Gasteiger partial charge in [-0.2, -0.15) is 5.10 Å².